The quantitative estimate of drug-likeness (QED) is 0.465. The van der Waals surface area contributed by atoms with Crippen LogP contribution in [0.1, 0.15) is 0 Å². The maximum Gasteiger partial charge on any atom is 0.489 e. The van der Waals surface area contributed by atoms with Gasteiger partial charge in [0.25, 0.3) is 0 Å². The van der Waals surface area contributed by atoms with E-state index in [0.29, 0.717) is 5.46 Å². The zero-order chi connectivity index (χ0) is 15.6. The van der Waals surface area contributed by atoms with Crippen molar-refractivity contribution in [2.45, 2.75) is 0 Å². The van der Waals surface area contributed by atoms with Crippen LogP contribution in [0.25, 0.3) is 44.3 Å². The highest BCUT2D eigenvalue weighted by Crippen LogP contribution is 2.45. The van der Waals surface area contributed by atoms with E-state index in [9.17, 15) is 10.0 Å². The molecule has 0 saturated heterocycles. The second-order valence-corrected chi connectivity index (χ2v) is 5.71. The Bertz CT molecular complexity index is 1060. The fourth-order valence-corrected chi connectivity index (χ4v) is 3.42. The third-order valence-electron chi connectivity index (χ3n) is 4.43. The van der Waals surface area contributed by atoms with E-state index < -0.39 is 7.12 Å². The third kappa shape index (κ3) is 1.63. The lowest BCUT2D eigenvalue weighted by atomic mass is 9.76. The van der Waals surface area contributed by atoms with Gasteiger partial charge in [-0.15, -0.1) is 0 Å². The van der Waals surface area contributed by atoms with Crippen molar-refractivity contribution >= 4 is 34.4 Å². The Labute approximate surface area is 132 Å². The van der Waals surface area contributed by atoms with Gasteiger partial charge in [-0.1, -0.05) is 42.5 Å². The van der Waals surface area contributed by atoms with E-state index in [-0.39, 0.29) is 0 Å². The molecular weight excluding hydrogens is 287 g/mol. The summed E-state index contributed by atoms with van der Waals surface area (Å²) in [5.41, 5.74) is 5.92. The zero-order valence-electron chi connectivity index (χ0n) is 12.1. The summed E-state index contributed by atoms with van der Waals surface area (Å²) in [4.78, 5) is 9.57. The molecule has 1 aromatic heterocycles. The molecule has 0 unspecified atom stereocenters. The number of aromatic nitrogens is 2. The SMILES string of the molecule is OB(O)c1ccc2c3c(cccc13)-c1nc3ccccc3nc1-2. The molecule has 5 heteroatoms. The average molecular weight is 298 g/mol. The number of nitrogens with zero attached hydrogens (tertiary/aromatic N) is 2. The summed E-state index contributed by atoms with van der Waals surface area (Å²) in [5.74, 6) is 0. The van der Waals surface area contributed by atoms with Crippen molar-refractivity contribution in [3.63, 3.8) is 0 Å². The van der Waals surface area contributed by atoms with E-state index in [4.69, 9.17) is 9.97 Å². The standard InChI is InChI=1S/C18H11BN2O2/c22-19(23)13-9-8-12-16-10(13)4-3-5-11(16)17-18(12)21-15-7-2-1-6-14(15)20-17/h1-9,22-23H. The first-order chi connectivity index (χ1) is 11.2. The van der Waals surface area contributed by atoms with Crippen LogP contribution in [0.4, 0.5) is 0 Å². The fourth-order valence-electron chi connectivity index (χ4n) is 3.42. The number of para-hydroxylation sites is 2. The van der Waals surface area contributed by atoms with Crippen LogP contribution in [0.5, 0.6) is 0 Å². The van der Waals surface area contributed by atoms with Crippen LogP contribution in [-0.4, -0.2) is 27.1 Å². The van der Waals surface area contributed by atoms with Gasteiger partial charge in [-0.05, 0) is 23.0 Å². The van der Waals surface area contributed by atoms with E-state index in [1.807, 2.05) is 48.5 Å². The molecule has 4 nitrogen and oxygen atoms in total. The minimum Gasteiger partial charge on any atom is -0.423 e. The minimum absolute atomic E-state index is 0.503. The monoisotopic (exact) mass is 298 g/mol. The van der Waals surface area contributed by atoms with Crippen LogP contribution in [0.15, 0.2) is 54.6 Å². The summed E-state index contributed by atoms with van der Waals surface area (Å²) in [6.07, 6.45) is 0. The van der Waals surface area contributed by atoms with Crippen molar-refractivity contribution in [2.75, 3.05) is 0 Å². The fraction of sp³-hybridized carbons (Fsp3) is 0. The minimum atomic E-state index is -1.50. The Kier molecular flexibility index (Phi) is 2.43. The lowest BCUT2D eigenvalue weighted by Gasteiger charge is -2.07. The Hall–Kier alpha value is -2.76. The zero-order valence-corrected chi connectivity index (χ0v) is 12.1. The van der Waals surface area contributed by atoms with Crippen LogP contribution in [0, 0.1) is 0 Å². The van der Waals surface area contributed by atoms with E-state index in [1.54, 1.807) is 6.07 Å². The van der Waals surface area contributed by atoms with Crippen molar-refractivity contribution < 1.29 is 10.0 Å². The number of hydrogen-bond acceptors (Lipinski definition) is 4. The smallest absolute Gasteiger partial charge is 0.423 e. The predicted molar refractivity (Wildman–Crippen MR) is 91.3 cm³/mol. The third-order valence-corrected chi connectivity index (χ3v) is 4.43. The summed E-state index contributed by atoms with van der Waals surface area (Å²) < 4.78 is 0. The lowest BCUT2D eigenvalue weighted by Crippen LogP contribution is -2.30. The van der Waals surface area contributed by atoms with Crippen molar-refractivity contribution in [2.24, 2.45) is 0 Å². The molecule has 1 heterocycles. The molecule has 0 saturated carbocycles. The van der Waals surface area contributed by atoms with Crippen molar-refractivity contribution in [3.05, 3.63) is 54.6 Å². The van der Waals surface area contributed by atoms with Gasteiger partial charge in [-0.2, -0.15) is 0 Å². The van der Waals surface area contributed by atoms with Crippen molar-refractivity contribution in [1.29, 1.82) is 0 Å². The summed E-state index contributed by atoms with van der Waals surface area (Å²) >= 11 is 0. The largest absolute Gasteiger partial charge is 0.489 e. The molecule has 5 rings (SSSR count). The van der Waals surface area contributed by atoms with E-state index >= 15 is 0 Å². The maximum absolute atomic E-state index is 9.62. The molecule has 0 bridgehead atoms. The van der Waals surface area contributed by atoms with Gasteiger partial charge in [0.15, 0.2) is 0 Å². The molecule has 0 fully saturated rings. The second kappa shape index (κ2) is 4.38. The van der Waals surface area contributed by atoms with Gasteiger partial charge in [0.1, 0.15) is 0 Å². The van der Waals surface area contributed by atoms with Gasteiger partial charge in [-0.25, -0.2) is 9.97 Å². The highest BCUT2D eigenvalue weighted by atomic mass is 16.4. The Morgan fingerprint density at radius 2 is 1.35 bits per heavy atom. The predicted octanol–water partition coefficient (Wildman–Crippen LogP) is 2.11. The highest BCUT2D eigenvalue weighted by molar-refractivity contribution is 6.62. The van der Waals surface area contributed by atoms with Gasteiger partial charge in [0.2, 0.25) is 0 Å². The normalized spacial score (nSPS) is 11.9. The molecule has 3 aromatic carbocycles. The van der Waals surface area contributed by atoms with E-state index in [0.717, 1.165) is 44.3 Å². The molecule has 1 aliphatic carbocycles. The number of hydrogen-bond donors (Lipinski definition) is 2. The highest BCUT2D eigenvalue weighted by Gasteiger charge is 2.27. The van der Waals surface area contributed by atoms with Crippen molar-refractivity contribution in [1.82, 2.24) is 9.97 Å². The summed E-state index contributed by atoms with van der Waals surface area (Å²) in [7, 11) is -1.50. The Morgan fingerprint density at radius 1 is 0.696 bits per heavy atom. The molecule has 0 spiro atoms. The molecule has 108 valence electrons. The molecule has 0 radical (unpaired) electrons. The topological polar surface area (TPSA) is 66.2 Å². The van der Waals surface area contributed by atoms with Crippen LogP contribution < -0.4 is 5.46 Å². The maximum atomic E-state index is 9.62. The molecular formula is C18H11BN2O2. The second-order valence-electron chi connectivity index (χ2n) is 5.71. The number of fused-ring (bicyclic) bond motifs is 4. The molecule has 1 aliphatic rings. The van der Waals surface area contributed by atoms with Gasteiger partial charge < -0.3 is 10.0 Å². The van der Waals surface area contributed by atoms with Gasteiger partial charge in [-0.3, -0.25) is 0 Å². The van der Waals surface area contributed by atoms with Crippen molar-refractivity contribution in [3.8, 4) is 22.5 Å². The van der Waals surface area contributed by atoms with Gasteiger partial charge >= 0.3 is 7.12 Å². The molecule has 23 heavy (non-hydrogen) atoms. The van der Waals surface area contributed by atoms with E-state index in [1.165, 1.54) is 0 Å². The van der Waals surface area contributed by atoms with Crippen LogP contribution in [0.3, 0.4) is 0 Å². The number of benzene rings is 3. The van der Waals surface area contributed by atoms with Crippen LogP contribution in [-0.2, 0) is 0 Å². The first-order valence-electron chi connectivity index (χ1n) is 7.43. The number of rotatable bonds is 1. The van der Waals surface area contributed by atoms with Crippen LogP contribution in [0.2, 0.25) is 0 Å². The molecule has 4 aromatic rings. The lowest BCUT2D eigenvalue weighted by molar-refractivity contribution is 0.426. The summed E-state index contributed by atoms with van der Waals surface area (Å²) in [5, 5.41) is 21.1. The molecule has 0 atom stereocenters. The molecule has 0 aliphatic heterocycles. The van der Waals surface area contributed by atoms with E-state index in [2.05, 4.69) is 0 Å². The van der Waals surface area contributed by atoms with Gasteiger partial charge in [0.05, 0.1) is 22.4 Å². The average Bonchev–Trinajstić information content (AvgIpc) is 2.88. The van der Waals surface area contributed by atoms with Crippen LogP contribution >= 0.6 is 0 Å². The molecule has 2 N–H and O–H groups in total. The first kappa shape index (κ1) is 12.8. The Balaban J connectivity index is 1.95. The Morgan fingerprint density at radius 3 is 2.00 bits per heavy atom. The first-order valence-corrected chi connectivity index (χ1v) is 7.43. The summed E-state index contributed by atoms with van der Waals surface area (Å²) in [6.45, 7) is 0. The summed E-state index contributed by atoms with van der Waals surface area (Å²) in [6, 6.07) is 17.3. The van der Waals surface area contributed by atoms with Gasteiger partial charge in [0, 0.05) is 16.5 Å². The molecule has 0 amide bonds.